The van der Waals surface area contributed by atoms with E-state index in [2.05, 4.69) is 36.1 Å². The van der Waals surface area contributed by atoms with Crippen LogP contribution in [0.1, 0.15) is 25.5 Å². The van der Waals surface area contributed by atoms with Crippen molar-refractivity contribution in [3.8, 4) is 0 Å². The number of nitrogens with zero attached hydrogens (tertiary/aromatic N) is 1. The molecule has 5 heteroatoms. The fourth-order valence-corrected chi connectivity index (χ4v) is 2.42. The molecule has 0 spiro atoms. The Morgan fingerprint density at radius 2 is 1.87 bits per heavy atom. The third-order valence-electron chi connectivity index (χ3n) is 3.60. The van der Waals surface area contributed by atoms with Gasteiger partial charge in [0.05, 0.1) is 6.10 Å². The topological polar surface area (TPSA) is 61.8 Å². The Hall–Kier alpha value is -2.11. The smallest absolute Gasteiger partial charge is 0.267 e. The maximum absolute atomic E-state index is 11.0. The number of methoxy groups -OCH3 is 1. The van der Waals surface area contributed by atoms with Crippen LogP contribution in [0.5, 0.6) is 0 Å². The highest BCUT2D eigenvalue weighted by molar-refractivity contribution is 5.86. The van der Waals surface area contributed by atoms with Crippen LogP contribution in [-0.2, 0) is 9.53 Å². The van der Waals surface area contributed by atoms with Crippen molar-refractivity contribution < 1.29 is 14.7 Å². The van der Waals surface area contributed by atoms with Crippen molar-refractivity contribution in [3.63, 3.8) is 0 Å². The van der Waals surface area contributed by atoms with Crippen LogP contribution in [0.3, 0.4) is 0 Å². The van der Waals surface area contributed by atoms with Crippen molar-refractivity contribution in [2.45, 2.75) is 20.0 Å². The van der Waals surface area contributed by atoms with Gasteiger partial charge in [-0.05, 0) is 24.6 Å². The van der Waals surface area contributed by atoms with Gasteiger partial charge in [-0.1, -0.05) is 36.8 Å². The zero-order valence-corrected chi connectivity index (χ0v) is 14.4. The van der Waals surface area contributed by atoms with E-state index in [1.807, 2.05) is 27.1 Å². The molecule has 1 rings (SSSR count). The Balaban J connectivity index is 2.87. The molecule has 0 radical (unpaired) electrons. The lowest BCUT2D eigenvalue weighted by Gasteiger charge is -2.22. The molecule has 23 heavy (non-hydrogen) atoms. The van der Waals surface area contributed by atoms with Crippen LogP contribution in [0.15, 0.2) is 48.1 Å². The molecule has 1 aromatic carbocycles. The highest BCUT2D eigenvalue weighted by Crippen LogP contribution is 2.28. The van der Waals surface area contributed by atoms with Gasteiger partial charge < -0.3 is 9.64 Å². The van der Waals surface area contributed by atoms with Gasteiger partial charge in [-0.2, -0.15) is 0 Å². The summed E-state index contributed by atoms with van der Waals surface area (Å²) in [5.41, 5.74) is 4.73. The third-order valence-corrected chi connectivity index (χ3v) is 3.60. The van der Waals surface area contributed by atoms with Crippen LogP contribution in [0.25, 0.3) is 0 Å². The predicted octanol–water partition coefficient (Wildman–Crippen LogP) is 3.08. The van der Waals surface area contributed by atoms with E-state index in [4.69, 9.17) is 9.94 Å². The molecule has 0 aliphatic heterocycles. The molecule has 0 bridgehead atoms. The van der Waals surface area contributed by atoms with Gasteiger partial charge in [0.1, 0.15) is 0 Å². The van der Waals surface area contributed by atoms with Crippen molar-refractivity contribution in [3.05, 3.63) is 53.6 Å². The third kappa shape index (κ3) is 5.88. The minimum atomic E-state index is -0.548. The van der Waals surface area contributed by atoms with Gasteiger partial charge in [-0.25, -0.2) is 5.48 Å². The summed E-state index contributed by atoms with van der Waals surface area (Å²) in [6, 6.07) is 8.27. The quantitative estimate of drug-likeness (QED) is 0.351. The lowest BCUT2D eigenvalue weighted by Crippen LogP contribution is -2.15. The molecule has 0 heterocycles. The average Bonchev–Trinajstić information content (AvgIpc) is 2.53. The summed E-state index contributed by atoms with van der Waals surface area (Å²) >= 11 is 0. The lowest BCUT2D eigenvalue weighted by molar-refractivity contribution is -0.124. The maximum Gasteiger partial charge on any atom is 0.267 e. The Labute approximate surface area is 138 Å². The van der Waals surface area contributed by atoms with E-state index >= 15 is 0 Å². The van der Waals surface area contributed by atoms with Crippen LogP contribution in [-0.4, -0.2) is 32.3 Å². The second kappa shape index (κ2) is 9.12. The van der Waals surface area contributed by atoms with Gasteiger partial charge in [0, 0.05) is 38.9 Å². The number of amides is 1. The van der Waals surface area contributed by atoms with E-state index in [0.29, 0.717) is 0 Å². The van der Waals surface area contributed by atoms with Crippen LogP contribution in [0.4, 0.5) is 5.69 Å². The van der Waals surface area contributed by atoms with Crippen molar-refractivity contribution in [1.82, 2.24) is 5.48 Å². The van der Waals surface area contributed by atoms with Crippen molar-refractivity contribution in [2.75, 3.05) is 26.1 Å². The molecule has 2 atom stereocenters. The van der Waals surface area contributed by atoms with Gasteiger partial charge in [0.15, 0.2) is 0 Å². The molecule has 0 aliphatic rings. The molecular formula is C18H26N2O3. The van der Waals surface area contributed by atoms with Crippen LogP contribution in [0, 0.1) is 5.92 Å². The van der Waals surface area contributed by atoms with Gasteiger partial charge in [-0.3, -0.25) is 10.0 Å². The lowest BCUT2D eigenvalue weighted by atomic mass is 9.95. The predicted molar refractivity (Wildman–Crippen MR) is 92.5 cm³/mol. The van der Waals surface area contributed by atoms with E-state index in [1.54, 1.807) is 18.7 Å². The zero-order chi connectivity index (χ0) is 17.4. The summed E-state index contributed by atoms with van der Waals surface area (Å²) in [5, 5.41) is 8.47. The monoisotopic (exact) mass is 318 g/mol. The van der Waals surface area contributed by atoms with Crippen molar-refractivity contribution >= 4 is 11.6 Å². The first kappa shape index (κ1) is 18.9. The number of carbonyl (C=O) groups is 1. The Morgan fingerprint density at radius 1 is 1.26 bits per heavy atom. The summed E-state index contributed by atoms with van der Waals surface area (Å²) in [6.07, 6.45) is 4.91. The molecule has 0 aliphatic carbocycles. The number of hydrogen-bond donors (Lipinski definition) is 2. The molecule has 0 saturated carbocycles. The van der Waals surface area contributed by atoms with Gasteiger partial charge in [0.25, 0.3) is 5.91 Å². The minimum Gasteiger partial charge on any atom is -0.378 e. The summed E-state index contributed by atoms with van der Waals surface area (Å²) in [7, 11) is 5.71. The summed E-state index contributed by atoms with van der Waals surface area (Å²) in [4.78, 5) is 13.0. The first-order valence-electron chi connectivity index (χ1n) is 7.49. The Kier molecular flexibility index (Phi) is 7.51. The molecule has 0 saturated heterocycles. The molecule has 2 unspecified atom stereocenters. The number of hydrogen-bond acceptors (Lipinski definition) is 4. The molecular weight excluding hydrogens is 292 g/mol. The summed E-state index contributed by atoms with van der Waals surface area (Å²) < 4.78 is 5.64. The van der Waals surface area contributed by atoms with E-state index in [9.17, 15) is 4.79 Å². The van der Waals surface area contributed by atoms with E-state index in [0.717, 1.165) is 16.8 Å². The molecule has 126 valence electrons. The normalized spacial score (nSPS) is 14.6. The largest absolute Gasteiger partial charge is 0.378 e. The van der Waals surface area contributed by atoms with Crippen LogP contribution < -0.4 is 10.4 Å². The van der Waals surface area contributed by atoms with E-state index < -0.39 is 5.91 Å². The maximum atomic E-state index is 11.0. The second-order valence-corrected chi connectivity index (χ2v) is 5.72. The number of allylic oxidation sites excluding steroid dienone is 2. The number of hydroxylamine groups is 1. The number of nitrogens with one attached hydrogen (secondary N) is 1. The highest BCUT2D eigenvalue weighted by Gasteiger charge is 2.17. The standard InChI is InChI=1S/C18H26N2O3/c1-13(6-11-17(21)19-22)12-14(2)18(23-5)15-7-9-16(10-8-15)20(3)4/h6-12,14,18,22H,1-5H3,(H,19,21). The highest BCUT2D eigenvalue weighted by atomic mass is 16.5. The number of ether oxygens (including phenoxy) is 1. The minimum absolute atomic E-state index is 0.0683. The van der Waals surface area contributed by atoms with Gasteiger partial charge in [0.2, 0.25) is 0 Å². The van der Waals surface area contributed by atoms with Gasteiger partial charge in [-0.15, -0.1) is 0 Å². The van der Waals surface area contributed by atoms with E-state index in [-0.39, 0.29) is 12.0 Å². The molecule has 5 nitrogen and oxygen atoms in total. The van der Waals surface area contributed by atoms with Gasteiger partial charge >= 0.3 is 0 Å². The summed E-state index contributed by atoms with van der Waals surface area (Å²) in [6.45, 7) is 3.97. The second-order valence-electron chi connectivity index (χ2n) is 5.72. The summed E-state index contributed by atoms with van der Waals surface area (Å²) in [5.74, 6) is -0.417. The SMILES string of the molecule is COC(c1ccc(N(C)C)cc1)C(C)C=C(C)C=CC(=O)NO. The van der Waals surface area contributed by atoms with Crippen LogP contribution >= 0.6 is 0 Å². The molecule has 2 N–H and O–H groups in total. The Morgan fingerprint density at radius 3 is 2.35 bits per heavy atom. The number of anilines is 1. The number of rotatable bonds is 7. The molecule has 1 aromatic rings. The average molecular weight is 318 g/mol. The molecule has 1 amide bonds. The first-order chi connectivity index (χ1) is 10.9. The number of benzene rings is 1. The van der Waals surface area contributed by atoms with Crippen LogP contribution in [0.2, 0.25) is 0 Å². The first-order valence-corrected chi connectivity index (χ1v) is 7.49. The molecule has 0 fully saturated rings. The van der Waals surface area contributed by atoms with Crippen molar-refractivity contribution in [1.29, 1.82) is 0 Å². The molecule has 0 aromatic heterocycles. The number of carbonyl (C=O) groups excluding carboxylic acids is 1. The zero-order valence-electron chi connectivity index (χ0n) is 14.4. The van der Waals surface area contributed by atoms with E-state index in [1.165, 1.54) is 6.08 Å². The Bertz CT molecular complexity index is 562. The fraction of sp³-hybridized carbons (Fsp3) is 0.389. The fourth-order valence-electron chi connectivity index (χ4n) is 2.42. The van der Waals surface area contributed by atoms with Crippen molar-refractivity contribution in [2.24, 2.45) is 5.92 Å².